The lowest BCUT2D eigenvalue weighted by Crippen LogP contribution is -2.17. The fourth-order valence-electron chi connectivity index (χ4n) is 1.27. The van der Waals surface area contributed by atoms with Gasteiger partial charge in [-0.25, -0.2) is 0 Å². The van der Waals surface area contributed by atoms with Gasteiger partial charge in [0.2, 0.25) is 12.3 Å². The van der Waals surface area contributed by atoms with Gasteiger partial charge >= 0.3 is 0 Å². The minimum Gasteiger partial charge on any atom is -0.359 e. The largest absolute Gasteiger partial charge is 0.359 e. The SMILES string of the molecule is CNC(=O)CCc1cccc(NC=O)c1. The third kappa shape index (κ3) is 3.81. The van der Waals surface area contributed by atoms with Crippen LogP contribution in [0.2, 0.25) is 0 Å². The lowest BCUT2D eigenvalue weighted by molar-refractivity contribution is -0.120. The van der Waals surface area contributed by atoms with E-state index < -0.39 is 0 Å². The summed E-state index contributed by atoms with van der Waals surface area (Å²) in [6.07, 6.45) is 1.77. The van der Waals surface area contributed by atoms with Gasteiger partial charge < -0.3 is 10.6 Å². The highest BCUT2D eigenvalue weighted by Gasteiger charge is 2.00. The number of aryl methyl sites for hydroxylation is 1. The van der Waals surface area contributed by atoms with Crippen LogP contribution in [0.4, 0.5) is 5.69 Å². The van der Waals surface area contributed by atoms with E-state index in [0.29, 0.717) is 19.3 Å². The fourth-order valence-corrected chi connectivity index (χ4v) is 1.27. The van der Waals surface area contributed by atoms with E-state index in [1.807, 2.05) is 18.2 Å². The lowest BCUT2D eigenvalue weighted by atomic mass is 10.1. The van der Waals surface area contributed by atoms with Gasteiger partial charge in [0, 0.05) is 19.2 Å². The van der Waals surface area contributed by atoms with Crippen LogP contribution in [0.5, 0.6) is 0 Å². The smallest absolute Gasteiger partial charge is 0.220 e. The van der Waals surface area contributed by atoms with Crippen molar-refractivity contribution in [2.45, 2.75) is 12.8 Å². The molecule has 0 unspecified atom stereocenters. The molecule has 15 heavy (non-hydrogen) atoms. The van der Waals surface area contributed by atoms with Crippen LogP contribution in [0.15, 0.2) is 24.3 Å². The molecule has 80 valence electrons. The topological polar surface area (TPSA) is 58.2 Å². The summed E-state index contributed by atoms with van der Waals surface area (Å²) in [5, 5.41) is 5.13. The van der Waals surface area contributed by atoms with Crippen LogP contribution in [0.25, 0.3) is 0 Å². The van der Waals surface area contributed by atoms with E-state index in [0.717, 1.165) is 11.3 Å². The van der Waals surface area contributed by atoms with Crippen molar-refractivity contribution < 1.29 is 9.59 Å². The van der Waals surface area contributed by atoms with Crippen LogP contribution in [0, 0.1) is 0 Å². The van der Waals surface area contributed by atoms with E-state index in [4.69, 9.17) is 0 Å². The number of anilines is 1. The molecule has 0 saturated heterocycles. The molecular formula is C11H14N2O2. The van der Waals surface area contributed by atoms with E-state index in [1.165, 1.54) is 0 Å². The minimum atomic E-state index is 0.0174. The van der Waals surface area contributed by atoms with Gasteiger partial charge in [-0.15, -0.1) is 0 Å². The molecule has 0 atom stereocenters. The summed E-state index contributed by atoms with van der Waals surface area (Å²) in [4.78, 5) is 21.2. The maximum Gasteiger partial charge on any atom is 0.220 e. The number of benzene rings is 1. The average molecular weight is 206 g/mol. The van der Waals surface area contributed by atoms with Crippen molar-refractivity contribution in [3.05, 3.63) is 29.8 Å². The number of amides is 2. The third-order valence-corrected chi connectivity index (χ3v) is 2.07. The van der Waals surface area contributed by atoms with Gasteiger partial charge in [0.1, 0.15) is 0 Å². The van der Waals surface area contributed by atoms with E-state index in [-0.39, 0.29) is 5.91 Å². The van der Waals surface area contributed by atoms with Crippen molar-refractivity contribution in [3.63, 3.8) is 0 Å². The molecule has 0 spiro atoms. The molecule has 0 fully saturated rings. The summed E-state index contributed by atoms with van der Waals surface area (Å²) in [5.41, 5.74) is 1.78. The molecule has 0 aliphatic heterocycles. The molecule has 0 aromatic heterocycles. The first-order valence-electron chi connectivity index (χ1n) is 4.76. The van der Waals surface area contributed by atoms with Gasteiger partial charge in [0.25, 0.3) is 0 Å². The summed E-state index contributed by atoms with van der Waals surface area (Å²) < 4.78 is 0. The molecular weight excluding hydrogens is 192 g/mol. The molecule has 0 bridgehead atoms. The van der Waals surface area contributed by atoms with Crippen LogP contribution in [0.1, 0.15) is 12.0 Å². The first-order chi connectivity index (χ1) is 7.26. The highest BCUT2D eigenvalue weighted by atomic mass is 16.1. The van der Waals surface area contributed by atoms with Crippen LogP contribution in [0.3, 0.4) is 0 Å². The number of nitrogens with one attached hydrogen (secondary N) is 2. The Labute approximate surface area is 88.7 Å². The molecule has 0 heterocycles. The zero-order valence-electron chi connectivity index (χ0n) is 8.62. The maximum atomic E-state index is 11.0. The van der Waals surface area contributed by atoms with Crippen molar-refractivity contribution in [2.75, 3.05) is 12.4 Å². The van der Waals surface area contributed by atoms with Crippen LogP contribution in [-0.4, -0.2) is 19.4 Å². The molecule has 1 aromatic rings. The molecule has 0 saturated carbocycles. The van der Waals surface area contributed by atoms with E-state index in [9.17, 15) is 9.59 Å². The number of hydrogen-bond donors (Lipinski definition) is 2. The highest BCUT2D eigenvalue weighted by molar-refractivity contribution is 5.76. The van der Waals surface area contributed by atoms with Gasteiger partial charge in [0.15, 0.2) is 0 Å². The Morgan fingerprint density at radius 1 is 1.47 bits per heavy atom. The van der Waals surface area contributed by atoms with Crippen LogP contribution < -0.4 is 10.6 Å². The molecule has 0 aliphatic carbocycles. The third-order valence-electron chi connectivity index (χ3n) is 2.07. The molecule has 4 heteroatoms. The first-order valence-corrected chi connectivity index (χ1v) is 4.76. The van der Waals surface area contributed by atoms with E-state index in [2.05, 4.69) is 10.6 Å². The monoisotopic (exact) mass is 206 g/mol. The maximum absolute atomic E-state index is 11.0. The van der Waals surface area contributed by atoms with Gasteiger partial charge in [-0.1, -0.05) is 12.1 Å². The minimum absolute atomic E-state index is 0.0174. The second-order valence-electron chi connectivity index (χ2n) is 3.14. The molecule has 2 amide bonds. The highest BCUT2D eigenvalue weighted by Crippen LogP contribution is 2.11. The van der Waals surface area contributed by atoms with E-state index >= 15 is 0 Å². The zero-order chi connectivity index (χ0) is 11.1. The zero-order valence-corrected chi connectivity index (χ0v) is 8.62. The second-order valence-corrected chi connectivity index (χ2v) is 3.14. The molecule has 0 aliphatic rings. The number of rotatable bonds is 5. The number of hydrogen-bond acceptors (Lipinski definition) is 2. The summed E-state index contributed by atoms with van der Waals surface area (Å²) >= 11 is 0. The van der Waals surface area contributed by atoms with Crippen LogP contribution >= 0.6 is 0 Å². The normalized spacial score (nSPS) is 9.40. The molecule has 1 aromatic carbocycles. The Morgan fingerprint density at radius 3 is 2.93 bits per heavy atom. The van der Waals surface area contributed by atoms with E-state index in [1.54, 1.807) is 13.1 Å². The Bertz CT molecular complexity index is 350. The van der Waals surface area contributed by atoms with Crippen molar-refractivity contribution in [1.82, 2.24) is 5.32 Å². The first kappa shape index (κ1) is 11.2. The Hall–Kier alpha value is -1.84. The van der Waals surface area contributed by atoms with Gasteiger partial charge in [0.05, 0.1) is 0 Å². The Morgan fingerprint density at radius 2 is 2.27 bits per heavy atom. The average Bonchev–Trinajstić information content (AvgIpc) is 2.27. The number of carbonyl (C=O) groups excluding carboxylic acids is 2. The predicted molar refractivity (Wildman–Crippen MR) is 58.5 cm³/mol. The quantitative estimate of drug-likeness (QED) is 0.704. The fraction of sp³-hybridized carbons (Fsp3) is 0.273. The standard InChI is InChI=1S/C11H14N2O2/c1-12-11(15)6-5-9-3-2-4-10(7-9)13-8-14/h2-4,7-8H,5-6H2,1H3,(H,12,15)(H,13,14). The molecule has 0 radical (unpaired) electrons. The molecule has 2 N–H and O–H groups in total. The van der Waals surface area contributed by atoms with Crippen LogP contribution in [-0.2, 0) is 16.0 Å². The Kier molecular flexibility index (Phi) is 4.34. The van der Waals surface area contributed by atoms with Crippen molar-refractivity contribution in [3.8, 4) is 0 Å². The second kappa shape index (κ2) is 5.80. The summed E-state index contributed by atoms with van der Waals surface area (Å²) in [7, 11) is 1.62. The molecule has 4 nitrogen and oxygen atoms in total. The van der Waals surface area contributed by atoms with Gasteiger partial charge in [-0.2, -0.15) is 0 Å². The number of carbonyl (C=O) groups is 2. The van der Waals surface area contributed by atoms with Crippen molar-refractivity contribution in [2.24, 2.45) is 0 Å². The lowest BCUT2D eigenvalue weighted by Gasteiger charge is -2.03. The van der Waals surface area contributed by atoms with Crippen molar-refractivity contribution >= 4 is 18.0 Å². The summed E-state index contributed by atoms with van der Waals surface area (Å²) in [6, 6.07) is 7.44. The summed E-state index contributed by atoms with van der Waals surface area (Å²) in [5.74, 6) is 0.0174. The Balaban J connectivity index is 2.57. The van der Waals surface area contributed by atoms with Gasteiger partial charge in [-0.3, -0.25) is 9.59 Å². The predicted octanol–water partition coefficient (Wildman–Crippen LogP) is 0.933. The summed E-state index contributed by atoms with van der Waals surface area (Å²) in [6.45, 7) is 0. The van der Waals surface area contributed by atoms with Gasteiger partial charge in [-0.05, 0) is 24.1 Å². The molecule has 1 rings (SSSR count). The van der Waals surface area contributed by atoms with Crippen molar-refractivity contribution in [1.29, 1.82) is 0 Å².